The van der Waals surface area contributed by atoms with Crippen LogP contribution in [0.3, 0.4) is 0 Å². The second-order valence-corrected chi connectivity index (χ2v) is 8.31. The first-order valence-corrected chi connectivity index (χ1v) is 10.7. The number of rotatable bonds is 5. The van der Waals surface area contributed by atoms with Crippen molar-refractivity contribution in [2.45, 2.75) is 26.4 Å². The second-order valence-electron chi connectivity index (χ2n) is 7.39. The van der Waals surface area contributed by atoms with Crippen LogP contribution in [0.1, 0.15) is 16.7 Å². The van der Waals surface area contributed by atoms with Crippen LogP contribution in [0.5, 0.6) is 0 Å². The van der Waals surface area contributed by atoms with Crippen LogP contribution in [-0.2, 0) is 19.5 Å². The Labute approximate surface area is 176 Å². The SMILES string of the molecule is Cc1cccc(Cn2nc3n(CCc4ccccc4)c(=O)c4sccc4n3c2=O)c1. The summed E-state index contributed by atoms with van der Waals surface area (Å²) < 4.78 is 5.21. The van der Waals surface area contributed by atoms with Crippen LogP contribution in [0.25, 0.3) is 16.0 Å². The van der Waals surface area contributed by atoms with Crippen molar-refractivity contribution in [3.63, 3.8) is 0 Å². The van der Waals surface area contributed by atoms with E-state index in [-0.39, 0.29) is 11.2 Å². The van der Waals surface area contributed by atoms with Crippen LogP contribution < -0.4 is 11.2 Å². The molecule has 0 saturated heterocycles. The molecule has 0 bridgehead atoms. The van der Waals surface area contributed by atoms with E-state index >= 15 is 0 Å². The average Bonchev–Trinajstić information content (AvgIpc) is 3.34. The maximum atomic E-state index is 13.2. The molecular formula is C23H20N4O2S. The standard InChI is InChI=1S/C23H20N4O2S/c1-16-6-5-9-18(14-16)15-26-23(29)27-19-11-13-30-20(19)21(28)25(22(27)24-26)12-10-17-7-3-2-4-8-17/h2-9,11,13-14H,10,12,15H2,1H3. The van der Waals surface area contributed by atoms with Gasteiger partial charge in [-0.3, -0.25) is 9.36 Å². The van der Waals surface area contributed by atoms with Gasteiger partial charge in [0.2, 0.25) is 5.78 Å². The van der Waals surface area contributed by atoms with Gasteiger partial charge >= 0.3 is 5.69 Å². The third kappa shape index (κ3) is 3.17. The molecule has 2 aromatic carbocycles. The van der Waals surface area contributed by atoms with Crippen molar-refractivity contribution in [2.24, 2.45) is 0 Å². The number of nitrogens with zero attached hydrogens (tertiary/aromatic N) is 4. The molecule has 3 aromatic heterocycles. The van der Waals surface area contributed by atoms with Crippen LogP contribution in [0.2, 0.25) is 0 Å². The highest BCUT2D eigenvalue weighted by Crippen LogP contribution is 2.18. The third-order valence-corrected chi connectivity index (χ3v) is 6.16. The van der Waals surface area contributed by atoms with Gasteiger partial charge in [0.05, 0.1) is 12.1 Å². The summed E-state index contributed by atoms with van der Waals surface area (Å²) in [4.78, 5) is 26.4. The maximum Gasteiger partial charge on any atom is 0.352 e. The highest BCUT2D eigenvalue weighted by atomic mass is 32.1. The lowest BCUT2D eigenvalue weighted by molar-refractivity contribution is 0.645. The van der Waals surface area contributed by atoms with Crippen molar-refractivity contribution in [2.75, 3.05) is 0 Å². The van der Waals surface area contributed by atoms with Crippen LogP contribution >= 0.6 is 11.3 Å². The first-order chi connectivity index (χ1) is 14.6. The van der Waals surface area contributed by atoms with Gasteiger partial charge in [0.25, 0.3) is 5.56 Å². The molecular weight excluding hydrogens is 396 g/mol. The second kappa shape index (κ2) is 7.42. The molecule has 7 heteroatoms. The molecule has 30 heavy (non-hydrogen) atoms. The fourth-order valence-corrected chi connectivity index (χ4v) is 4.63. The predicted molar refractivity (Wildman–Crippen MR) is 120 cm³/mol. The van der Waals surface area contributed by atoms with E-state index in [1.54, 1.807) is 8.97 Å². The first-order valence-electron chi connectivity index (χ1n) is 9.81. The van der Waals surface area contributed by atoms with Crippen molar-refractivity contribution >= 4 is 27.3 Å². The van der Waals surface area contributed by atoms with E-state index in [9.17, 15) is 9.59 Å². The van der Waals surface area contributed by atoms with Gasteiger partial charge in [0.15, 0.2) is 0 Å². The van der Waals surface area contributed by atoms with Crippen LogP contribution in [0.15, 0.2) is 75.6 Å². The molecule has 0 aliphatic carbocycles. The molecule has 0 atom stereocenters. The largest absolute Gasteiger partial charge is 0.352 e. The van der Waals surface area contributed by atoms with E-state index < -0.39 is 0 Å². The summed E-state index contributed by atoms with van der Waals surface area (Å²) in [6.07, 6.45) is 0.687. The minimum Gasteiger partial charge on any atom is -0.275 e. The Balaban J connectivity index is 1.66. The Morgan fingerprint density at radius 1 is 0.967 bits per heavy atom. The van der Waals surface area contributed by atoms with Gasteiger partial charge in [-0.15, -0.1) is 16.4 Å². The first kappa shape index (κ1) is 18.6. The summed E-state index contributed by atoms with van der Waals surface area (Å²) in [6, 6.07) is 19.8. The molecule has 0 aliphatic heterocycles. The monoisotopic (exact) mass is 416 g/mol. The zero-order valence-corrected chi connectivity index (χ0v) is 17.3. The summed E-state index contributed by atoms with van der Waals surface area (Å²) in [7, 11) is 0. The van der Waals surface area contributed by atoms with Crippen LogP contribution in [-0.4, -0.2) is 18.7 Å². The Hall–Kier alpha value is -3.45. The van der Waals surface area contributed by atoms with Gasteiger partial charge in [-0.1, -0.05) is 60.2 Å². The molecule has 0 fully saturated rings. The van der Waals surface area contributed by atoms with Gasteiger partial charge in [-0.05, 0) is 35.9 Å². The minimum absolute atomic E-state index is 0.101. The summed E-state index contributed by atoms with van der Waals surface area (Å²) in [5, 5.41) is 6.42. The van der Waals surface area contributed by atoms with E-state index in [4.69, 9.17) is 0 Å². The van der Waals surface area contributed by atoms with Crippen molar-refractivity contribution < 1.29 is 0 Å². The Kier molecular flexibility index (Phi) is 4.59. The molecule has 0 spiro atoms. The topological polar surface area (TPSA) is 61.3 Å². The van der Waals surface area contributed by atoms with E-state index in [1.807, 2.05) is 73.0 Å². The van der Waals surface area contributed by atoms with E-state index in [2.05, 4.69) is 5.10 Å². The number of hydrogen-bond donors (Lipinski definition) is 0. The summed E-state index contributed by atoms with van der Waals surface area (Å²) in [6.45, 7) is 2.84. The van der Waals surface area contributed by atoms with Crippen molar-refractivity contribution in [3.05, 3.63) is 104 Å². The molecule has 0 radical (unpaired) electrons. The summed E-state index contributed by atoms with van der Waals surface area (Å²) in [5.74, 6) is 0.388. The Bertz CT molecular complexity index is 1470. The average molecular weight is 417 g/mol. The van der Waals surface area contributed by atoms with Gasteiger partial charge in [-0.2, -0.15) is 0 Å². The lowest BCUT2D eigenvalue weighted by Gasteiger charge is -2.08. The highest BCUT2D eigenvalue weighted by Gasteiger charge is 2.18. The molecule has 0 N–H and O–H groups in total. The minimum atomic E-state index is -0.233. The summed E-state index contributed by atoms with van der Waals surface area (Å²) >= 11 is 1.36. The molecule has 0 amide bonds. The van der Waals surface area contributed by atoms with Gasteiger partial charge in [0.1, 0.15) is 4.70 Å². The van der Waals surface area contributed by atoms with E-state index in [0.29, 0.717) is 35.5 Å². The Morgan fingerprint density at radius 2 is 1.77 bits per heavy atom. The molecule has 150 valence electrons. The number of fused-ring (bicyclic) bond motifs is 3. The zero-order chi connectivity index (χ0) is 20.7. The fourth-order valence-electron chi connectivity index (χ4n) is 3.81. The van der Waals surface area contributed by atoms with Gasteiger partial charge < -0.3 is 0 Å². The molecule has 0 aliphatic rings. The fraction of sp³-hybridized carbons (Fsp3) is 0.174. The van der Waals surface area contributed by atoms with Crippen LogP contribution in [0.4, 0.5) is 0 Å². The maximum absolute atomic E-state index is 13.2. The number of aryl methyl sites for hydroxylation is 3. The quantitative estimate of drug-likeness (QED) is 0.441. The molecule has 5 rings (SSSR count). The number of hydrogen-bond acceptors (Lipinski definition) is 4. The number of benzene rings is 2. The zero-order valence-electron chi connectivity index (χ0n) is 16.5. The van der Waals surface area contributed by atoms with Gasteiger partial charge in [-0.25, -0.2) is 13.9 Å². The van der Waals surface area contributed by atoms with Gasteiger partial charge in [0, 0.05) is 6.54 Å². The molecule has 0 saturated carbocycles. The highest BCUT2D eigenvalue weighted by molar-refractivity contribution is 7.17. The molecule has 3 heterocycles. The van der Waals surface area contributed by atoms with Crippen LogP contribution in [0, 0.1) is 6.92 Å². The van der Waals surface area contributed by atoms with Crippen molar-refractivity contribution in [1.82, 2.24) is 18.7 Å². The molecule has 0 unspecified atom stereocenters. The number of aromatic nitrogens is 4. The third-order valence-electron chi connectivity index (χ3n) is 5.27. The van der Waals surface area contributed by atoms with E-state index in [1.165, 1.54) is 16.0 Å². The molecule has 6 nitrogen and oxygen atoms in total. The smallest absolute Gasteiger partial charge is 0.275 e. The Morgan fingerprint density at radius 3 is 2.57 bits per heavy atom. The van der Waals surface area contributed by atoms with Crippen molar-refractivity contribution in [1.29, 1.82) is 0 Å². The van der Waals surface area contributed by atoms with Crippen molar-refractivity contribution in [3.8, 4) is 0 Å². The number of thiophene rings is 1. The molecule has 5 aromatic rings. The lowest BCUT2D eigenvalue weighted by Crippen LogP contribution is -2.26. The van der Waals surface area contributed by atoms with E-state index in [0.717, 1.165) is 16.7 Å². The summed E-state index contributed by atoms with van der Waals surface area (Å²) in [5.41, 5.74) is 3.55. The lowest BCUT2D eigenvalue weighted by atomic mass is 10.1. The normalized spacial score (nSPS) is 11.5. The predicted octanol–water partition coefficient (Wildman–Crippen LogP) is 3.47.